The number of nitrogens with one attached hydrogen (secondary N) is 1. The molecule has 94 valence electrons. The van der Waals surface area contributed by atoms with E-state index in [1.54, 1.807) is 0 Å². The molecule has 16 heavy (non-hydrogen) atoms. The quantitative estimate of drug-likeness (QED) is 0.739. The summed E-state index contributed by atoms with van der Waals surface area (Å²) in [6.07, 6.45) is 13.2. The molecule has 0 bridgehead atoms. The zero-order chi connectivity index (χ0) is 11.4. The largest absolute Gasteiger partial charge is 0.314 e. The Morgan fingerprint density at radius 1 is 1.12 bits per heavy atom. The van der Waals surface area contributed by atoms with E-state index in [4.69, 9.17) is 0 Å². The fraction of sp³-hybridized carbons (Fsp3) is 1.00. The van der Waals surface area contributed by atoms with Gasteiger partial charge >= 0.3 is 0 Å². The van der Waals surface area contributed by atoms with E-state index in [0.29, 0.717) is 5.41 Å². The zero-order valence-electron chi connectivity index (χ0n) is 11.2. The fourth-order valence-electron chi connectivity index (χ4n) is 3.63. The molecule has 0 aliphatic heterocycles. The van der Waals surface area contributed by atoms with Crippen LogP contribution in [0.5, 0.6) is 0 Å². The van der Waals surface area contributed by atoms with E-state index < -0.39 is 0 Å². The third-order valence-electron chi connectivity index (χ3n) is 5.08. The molecule has 1 atom stereocenters. The Morgan fingerprint density at radius 2 is 1.81 bits per heavy atom. The minimum atomic E-state index is 0.601. The molecular formula is C15H29N. The third kappa shape index (κ3) is 2.80. The van der Waals surface area contributed by atoms with Crippen molar-refractivity contribution in [2.75, 3.05) is 6.54 Å². The van der Waals surface area contributed by atoms with E-state index >= 15 is 0 Å². The topological polar surface area (TPSA) is 12.0 Å². The molecule has 2 aliphatic carbocycles. The second-order valence-corrected chi connectivity index (χ2v) is 6.36. The van der Waals surface area contributed by atoms with Gasteiger partial charge in [0.15, 0.2) is 0 Å². The minimum absolute atomic E-state index is 0.601. The average molecular weight is 223 g/mol. The van der Waals surface area contributed by atoms with Crippen LogP contribution in [-0.2, 0) is 0 Å². The van der Waals surface area contributed by atoms with E-state index in [1.807, 2.05) is 0 Å². The van der Waals surface area contributed by atoms with Gasteiger partial charge in [-0.25, -0.2) is 0 Å². The lowest BCUT2D eigenvalue weighted by Crippen LogP contribution is -2.46. The van der Waals surface area contributed by atoms with Gasteiger partial charge in [0.2, 0.25) is 0 Å². The predicted octanol–water partition coefficient (Wildman–Crippen LogP) is 4.13. The maximum absolute atomic E-state index is 3.79. The van der Waals surface area contributed by atoms with Crippen LogP contribution in [-0.4, -0.2) is 12.6 Å². The van der Waals surface area contributed by atoms with Gasteiger partial charge in [0.05, 0.1) is 0 Å². The summed E-state index contributed by atoms with van der Waals surface area (Å²) in [5, 5.41) is 3.79. The SMILES string of the molecule is CCNC(CC1CCC1)C1(C)CCCCC1. The Kier molecular flexibility index (Phi) is 4.29. The van der Waals surface area contributed by atoms with Crippen LogP contribution in [0.1, 0.15) is 71.6 Å². The van der Waals surface area contributed by atoms with Crippen LogP contribution < -0.4 is 5.32 Å². The highest BCUT2D eigenvalue weighted by atomic mass is 14.9. The van der Waals surface area contributed by atoms with Crippen LogP contribution in [0.15, 0.2) is 0 Å². The first-order valence-electron chi connectivity index (χ1n) is 7.48. The maximum Gasteiger partial charge on any atom is 0.0123 e. The van der Waals surface area contributed by atoms with Crippen LogP contribution >= 0.6 is 0 Å². The molecule has 0 aromatic carbocycles. The first-order chi connectivity index (χ1) is 7.74. The van der Waals surface area contributed by atoms with Crippen molar-refractivity contribution in [2.45, 2.75) is 77.7 Å². The Morgan fingerprint density at radius 3 is 2.31 bits per heavy atom. The Balaban J connectivity index is 1.92. The van der Waals surface area contributed by atoms with Crippen LogP contribution in [0.3, 0.4) is 0 Å². The molecule has 2 aliphatic rings. The number of hydrogen-bond donors (Lipinski definition) is 1. The van der Waals surface area contributed by atoms with Crippen LogP contribution in [0, 0.1) is 11.3 Å². The zero-order valence-corrected chi connectivity index (χ0v) is 11.2. The normalized spacial score (nSPS) is 27.4. The Bertz CT molecular complexity index is 201. The smallest absolute Gasteiger partial charge is 0.0123 e. The van der Waals surface area contributed by atoms with Gasteiger partial charge in [0.1, 0.15) is 0 Å². The summed E-state index contributed by atoms with van der Waals surface area (Å²) in [6.45, 7) is 5.95. The van der Waals surface area contributed by atoms with Crippen molar-refractivity contribution >= 4 is 0 Å². The number of rotatable bonds is 5. The predicted molar refractivity (Wildman–Crippen MR) is 70.6 cm³/mol. The molecule has 1 unspecified atom stereocenters. The van der Waals surface area contributed by atoms with Crippen LogP contribution in [0.4, 0.5) is 0 Å². The first kappa shape index (κ1) is 12.4. The molecule has 0 amide bonds. The highest BCUT2D eigenvalue weighted by molar-refractivity contribution is 4.92. The maximum atomic E-state index is 3.79. The second-order valence-electron chi connectivity index (χ2n) is 6.36. The van der Waals surface area contributed by atoms with E-state index in [0.717, 1.165) is 18.5 Å². The van der Waals surface area contributed by atoms with Crippen molar-refractivity contribution in [1.82, 2.24) is 5.32 Å². The highest BCUT2D eigenvalue weighted by Gasteiger charge is 2.36. The molecule has 0 spiro atoms. The summed E-state index contributed by atoms with van der Waals surface area (Å²) in [5.74, 6) is 1.04. The average Bonchev–Trinajstić information content (AvgIpc) is 2.22. The first-order valence-corrected chi connectivity index (χ1v) is 7.48. The van der Waals surface area contributed by atoms with Crippen LogP contribution in [0.25, 0.3) is 0 Å². The Hall–Kier alpha value is -0.0400. The molecule has 1 N–H and O–H groups in total. The third-order valence-corrected chi connectivity index (χ3v) is 5.08. The summed E-state index contributed by atoms with van der Waals surface area (Å²) in [7, 11) is 0. The van der Waals surface area contributed by atoms with Gasteiger partial charge < -0.3 is 5.32 Å². The van der Waals surface area contributed by atoms with E-state index in [2.05, 4.69) is 19.2 Å². The molecule has 2 rings (SSSR count). The van der Waals surface area contributed by atoms with Gasteiger partial charge in [-0.2, -0.15) is 0 Å². The summed E-state index contributed by atoms with van der Waals surface area (Å²) >= 11 is 0. The molecular weight excluding hydrogens is 194 g/mol. The molecule has 0 saturated heterocycles. The molecule has 0 aromatic rings. The fourth-order valence-corrected chi connectivity index (χ4v) is 3.63. The molecule has 1 nitrogen and oxygen atoms in total. The van der Waals surface area contributed by atoms with Gasteiger partial charge in [-0.05, 0) is 37.1 Å². The molecule has 2 saturated carbocycles. The van der Waals surface area contributed by atoms with Gasteiger partial charge in [-0.15, -0.1) is 0 Å². The number of hydrogen-bond acceptors (Lipinski definition) is 1. The van der Waals surface area contributed by atoms with E-state index in [9.17, 15) is 0 Å². The highest BCUT2D eigenvalue weighted by Crippen LogP contribution is 2.43. The van der Waals surface area contributed by atoms with Crippen molar-refractivity contribution in [3.63, 3.8) is 0 Å². The van der Waals surface area contributed by atoms with E-state index in [1.165, 1.54) is 57.8 Å². The lowest BCUT2D eigenvalue weighted by Gasteiger charge is -2.44. The monoisotopic (exact) mass is 223 g/mol. The lowest BCUT2D eigenvalue weighted by atomic mass is 9.66. The standard InChI is InChI=1S/C15H29N/c1-3-16-14(12-13-8-7-9-13)15(2)10-5-4-6-11-15/h13-14,16H,3-12H2,1-2H3. The molecule has 0 heterocycles. The molecule has 0 radical (unpaired) electrons. The van der Waals surface area contributed by atoms with Crippen LogP contribution in [0.2, 0.25) is 0 Å². The van der Waals surface area contributed by atoms with Gasteiger partial charge in [-0.1, -0.05) is 52.4 Å². The summed E-state index contributed by atoms with van der Waals surface area (Å²) in [6, 6.07) is 0.795. The van der Waals surface area contributed by atoms with Gasteiger partial charge in [0.25, 0.3) is 0 Å². The van der Waals surface area contributed by atoms with Gasteiger partial charge in [0, 0.05) is 6.04 Å². The van der Waals surface area contributed by atoms with Crippen molar-refractivity contribution in [3.8, 4) is 0 Å². The van der Waals surface area contributed by atoms with Crippen molar-refractivity contribution in [3.05, 3.63) is 0 Å². The molecule has 0 aromatic heterocycles. The summed E-state index contributed by atoms with van der Waals surface area (Å²) in [5.41, 5.74) is 0.601. The minimum Gasteiger partial charge on any atom is -0.314 e. The van der Waals surface area contributed by atoms with Crippen molar-refractivity contribution in [1.29, 1.82) is 0 Å². The van der Waals surface area contributed by atoms with Crippen molar-refractivity contribution < 1.29 is 0 Å². The summed E-state index contributed by atoms with van der Waals surface area (Å²) in [4.78, 5) is 0. The van der Waals surface area contributed by atoms with Gasteiger partial charge in [-0.3, -0.25) is 0 Å². The lowest BCUT2D eigenvalue weighted by molar-refractivity contribution is 0.110. The van der Waals surface area contributed by atoms with E-state index in [-0.39, 0.29) is 0 Å². The Labute approximate surface area is 101 Å². The second kappa shape index (κ2) is 5.53. The molecule has 2 fully saturated rings. The molecule has 1 heteroatoms. The summed E-state index contributed by atoms with van der Waals surface area (Å²) < 4.78 is 0. The van der Waals surface area contributed by atoms with Crippen molar-refractivity contribution in [2.24, 2.45) is 11.3 Å².